The van der Waals surface area contributed by atoms with E-state index in [0.29, 0.717) is 23.4 Å². The minimum atomic E-state index is -0.696. The zero-order valence-electron chi connectivity index (χ0n) is 13.8. The lowest BCUT2D eigenvalue weighted by Crippen LogP contribution is -2.33. The highest BCUT2D eigenvalue weighted by molar-refractivity contribution is 5.34. The Morgan fingerprint density at radius 1 is 1.25 bits per heavy atom. The third-order valence-corrected chi connectivity index (χ3v) is 3.78. The predicted octanol–water partition coefficient (Wildman–Crippen LogP) is 3.10. The highest BCUT2D eigenvalue weighted by Crippen LogP contribution is 2.16. The van der Waals surface area contributed by atoms with E-state index >= 15 is 0 Å². The van der Waals surface area contributed by atoms with Crippen molar-refractivity contribution in [2.45, 2.75) is 26.0 Å². The minimum Gasteiger partial charge on any atom is -0.491 e. The molecule has 2 N–H and O–H groups in total. The molecule has 0 fully saturated rings. The Morgan fingerprint density at radius 2 is 1.96 bits per heavy atom. The number of aliphatic hydroxyl groups excluding tert-OH is 1. The second-order valence-corrected chi connectivity index (χ2v) is 5.74. The van der Waals surface area contributed by atoms with Crippen molar-refractivity contribution in [1.82, 2.24) is 5.32 Å². The van der Waals surface area contributed by atoms with Crippen LogP contribution >= 0.6 is 0 Å². The number of nitrogens with one attached hydrogen (secondary N) is 1. The Bertz CT molecular complexity index is 710. The Hall–Kier alpha value is -2.42. The number of nitriles is 1. The third kappa shape index (κ3) is 5.05. The summed E-state index contributed by atoms with van der Waals surface area (Å²) in [5, 5.41) is 21.9. The van der Waals surface area contributed by atoms with Crippen molar-refractivity contribution >= 4 is 0 Å². The zero-order valence-corrected chi connectivity index (χ0v) is 13.8. The van der Waals surface area contributed by atoms with Gasteiger partial charge in [0.05, 0.1) is 11.6 Å². The molecule has 0 saturated heterocycles. The summed E-state index contributed by atoms with van der Waals surface area (Å²) in [7, 11) is 0. The predicted molar refractivity (Wildman–Crippen MR) is 90.2 cm³/mol. The van der Waals surface area contributed by atoms with Crippen molar-refractivity contribution in [1.29, 1.82) is 5.26 Å². The van der Waals surface area contributed by atoms with E-state index in [1.54, 1.807) is 37.3 Å². The van der Waals surface area contributed by atoms with Gasteiger partial charge in [0.15, 0.2) is 0 Å². The van der Waals surface area contributed by atoms with Gasteiger partial charge in [-0.3, -0.25) is 0 Å². The number of aliphatic hydroxyl groups is 1. The SMILES string of the molecule is Cc1ccc(C(C)NCC(O)COc2ccc(C#N)cc2)cc1F. The van der Waals surface area contributed by atoms with Gasteiger partial charge in [-0.25, -0.2) is 4.39 Å². The molecule has 0 aromatic heterocycles. The molecule has 2 aromatic carbocycles. The molecular weight excluding hydrogens is 307 g/mol. The van der Waals surface area contributed by atoms with Gasteiger partial charge in [0.2, 0.25) is 0 Å². The van der Waals surface area contributed by atoms with Gasteiger partial charge in [-0.15, -0.1) is 0 Å². The lowest BCUT2D eigenvalue weighted by atomic mass is 10.1. The standard InChI is InChI=1S/C19H21FN2O2/c1-13-3-6-16(9-19(13)20)14(2)22-11-17(23)12-24-18-7-4-15(10-21)5-8-18/h3-9,14,17,22-23H,11-12H2,1-2H3. The van der Waals surface area contributed by atoms with Crippen LogP contribution in [0.4, 0.5) is 4.39 Å². The van der Waals surface area contributed by atoms with Crippen LogP contribution < -0.4 is 10.1 Å². The Labute approximate surface area is 141 Å². The summed E-state index contributed by atoms with van der Waals surface area (Å²) in [6.45, 7) is 4.10. The maximum atomic E-state index is 13.6. The van der Waals surface area contributed by atoms with Crippen molar-refractivity contribution < 1.29 is 14.2 Å². The Morgan fingerprint density at radius 3 is 2.58 bits per heavy atom. The first-order valence-electron chi connectivity index (χ1n) is 7.80. The number of hydrogen-bond acceptors (Lipinski definition) is 4. The van der Waals surface area contributed by atoms with Crippen LogP contribution in [0.3, 0.4) is 0 Å². The van der Waals surface area contributed by atoms with E-state index in [2.05, 4.69) is 5.32 Å². The fourth-order valence-electron chi connectivity index (χ4n) is 2.19. The third-order valence-electron chi connectivity index (χ3n) is 3.78. The van der Waals surface area contributed by atoms with Gasteiger partial charge in [0.25, 0.3) is 0 Å². The molecule has 0 amide bonds. The highest BCUT2D eigenvalue weighted by Gasteiger charge is 2.11. The first-order valence-corrected chi connectivity index (χ1v) is 7.80. The van der Waals surface area contributed by atoms with Gasteiger partial charge in [0.1, 0.15) is 24.3 Å². The fourth-order valence-corrected chi connectivity index (χ4v) is 2.19. The zero-order chi connectivity index (χ0) is 17.5. The summed E-state index contributed by atoms with van der Waals surface area (Å²) < 4.78 is 19.1. The molecule has 4 nitrogen and oxygen atoms in total. The summed E-state index contributed by atoms with van der Waals surface area (Å²) in [6, 6.07) is 13.8. The molecule has 0 spiro atoms. The van der Waals surface area contributed by atoms with Crippen LogP contribution in [0.25, 0.3) is 0 Å². The molecule has 126 valence electrons. The smallest absolute Gasteiger partial charge is 0.126 e. The molecule has 0 aliphatic heterocycles. The van der Waals surface area contributed by atoms with Gasteiger partial charge < -0.3 is 15.2 Å². The molecule has 0 aliphatic carbocycles. The summed E-state index contributed by atoms with van der Waals surface area (Å²) in [5.74, 6) is 0.368. The van der Waals surface area contributed by atoms with Crippen molar-refractivity contribution in [3.8, 4) is 11.8 Å². The molecule has 0 saturated carbocycles. The second kappa shape index (κ2) is 8.44. The average Bonchev–Trinajstić information content (AvgIpc) is 2.60. The molecule has 2 atom stereocenters. The molecular formula is C19H21FN2O2. The van der Waals surface area contributed by atoms with Crippen LogP contribution in [0, 0.1) is 24.1 Å². The molecule has 0 aliphatic rings. The molecule has 0 bridgehead atoms. The van der Waals surface area contributed by atoms with Crippen LogP contribution in [-0.4, -0.2) is 24.4 Å². The van der Waals surface area contributed by atoms with E-state index in [1.165, 1.54) is 6.07 Å². The maximum Gasteiger partial charge on any atom is 0.126 e. The number of halogens is 1. The summed E-state index contributed by atoms with van der Waals surface area (Å²) in [4.78, 5) is 0. The number of rotatable bonds is 7. The number of aryl methyl sites for hydroxylation is 1. The van der Waals surface area contributed by atoms with Crippen LogP contribution in [0.1, 0.15) is 29.7 Å². The number of nitrogens with zero attached hydrogens (tertiary/aromatic N) is 1. The topological polar surface area (TPSA) is 65.3 Å². The number of ether oxygens (including phenoxy) is 1. The lowest BCUT2D eigenvalue weighted by molar-refractivity contribution is 0.104. The van der Waals surface area contributed by atoms with Gasteiger partial charge >= 0.3 is 0 Å². The van der Waals surface area contributed by atoms with Crippen LogP contribution in [0.2, 0.25) is 0 Å². The van der Waals surface area contributed by atoms with E-state index < -0.39 is 6.10 Å². The first kappa shape index (κ1) is 17.9. The molecule has 24 heavy (non-hydrogen) atoms. The van der Waals surface area contributed by atoms with Crippen LogP contribution in [0.15, 0.2) is 42.5 Å². The van der Waals surface area contributed by atoms with E-state index in [9.17, 15) is 9.50 Å². The van der Waals surface area contributed by atoms with Crippen molar-refractivity contribution in [3.05, 3.63) is 65.0 Å². The van der Waals surface area contributed by atoms with Gasteiger partial charge in [-0.2, -0.15) is 5.26 Å². The van der Waals surface area contributed by atoms with Crippen molar-refractivity contribution in [2.24, 2.45) is 0 Å². The molecule has 2 unspecified atom stereocenters. The molecule has 5 heteroatoms. The first-order chi connectivity index (χ1) is 11.5. The summed E-state index contributed by atoms with van der Waals surface area (Å²) >= 11 is 0. The summed E-state index contributed by atoms with van der Waals surface area (Å²) in [5.41, 5.74) is 2.00. The summed E-state index contributed by atoms with van der Waals surface area (Å²) in [6.07, 6.45) is -0.696. The minimum absolute atomic E-state index is 0.0790. The molecule has 0 radical (unpaired) electrons. The van der Waals surface area contributed by atoms with E-state index in [1.807, 2.05) is 19.1 Å². The van der Waals surface area contributed by atoms with E-state index in [4.69, 9.17) is 10.00 Å². The van der Waals surface area contributed by atoms with Gasteiger partial charge in [-0.05, 0) is 55.3 Å². The molecule has 2 aromatic rings. The Kier molecular flexibility index (Phi) is 6.30. The molecule has 0 heterocycles. The lowest BCUT2D eigenvalue weighted by Gasteiger charge is -2.18. The monoisotopic (exact) mass is 328 g/mol. The molecule has 2 rings (SSSR count). The van der Waals surface area contributed by atoms with Gasteiger partial charge in [-0.1, -0.05) is 12.1 Å². The van der Waals surface area contributed by atoms with E-state index in [-0.39, 0.29) is 18.5 Å². The quantitative estimate of drug-likeness (QED) is 0.820. The average molecular weight is 328 g/mol. The second-order valence-electron chi connectivity index (χ2n) is 5.74. The largest absolute Gasteiger partial charge is 0.491 e. The van der Waals surface area contributed by atoms with Crippen molar-refractivity contribution in [3.63, 3.8) is 0 Å². The van der Waals surface area contributed by atoms with Crippen molar-refractivity contribution in [2.75, 3.05) is 13.2 Å². The van der Waals surface area contributed by atoms with E-state index in [0.717, 1.165) is 5.56 Å². The highest BCUT2D eigenvalue weighted by atomic mass is 19.1. The number of benzene rings is 2. The fraction of sp³-hybridized carbons (Fsp3) is 0.316. The Balaban J connectivity index is 1.78. The van der Waals surface area contributed by atoms with Crippen LogP contribution in [-0.2, 0) is 0 Å². The normalized spacial score (nSPS) is 13.1. The van der Waals surface area contributed by atoms with Crippen LogP contribution in [0.5, 0.6) is 5.75 Å². The number of hydrogen-bond donors (Lipinski definition) is 2. The van der Waals surface area contributed by atoms with Gasteiger partial charge in [0, 0.05) is 12.6 Å². The maximum absolute atomic E-state index is 13.6.